The monoisotopic (exact) mass is 306 g/mol. The molecule has 21 heavy (non-hydrogen) atoms. The molecule has 0 aromatic heterocycles. The molecule has 0 saturated carbocycles. The van der Waals surface area contributed by atoms with Crippen LogP contribution >= 0.6 is 11.8 Å². The van der Waals surface area contributed by atoms with Crippen LogP contribution in [-0.2, 0) is 9.59 Å². The van der Waals surface area contributed by atoms with Gasteiger partial charge in [0, 0.05) is 29.7 Å². The van der Waals surface area contributed by atoms with Gasteiger partial charge in [0.05, 0.1) is 6.54 Å². The SMILES string of the molecule is C[C@H](CNC(=O)CN1CCCCC1=O)Sc1ccccc1. The zero-order valence-corrected chi connectivity index (χ0v) is 13.2. The van der Waals surface area contributed by atoms with E-state index >= 15 is 0 Å². The van der Waals surface area contributed by atoms with Crippen LogP contribution in [0.4, 0.5) is 0 Å². The second-order valence-electron chi connectivity index (χ2n) is 5.32. The van der Waals surface area contributed by atoms with Gasteiger partial charge in [0.25, 0.3) is 0 Å². The van der Waals surface area contributed by atoms with Crippen LogP contribution in [-0.4, -0.2) is 41.6 Å². The van der Waals surface area contributed by atoms with Gasteiger partial charge in [-0.25, -0.2) is 0 Å². The Kier molecular flexibility index (Phi) is 6.11. The van der Waals surface area contributed by atoms with E-state index in [1.807, 2.05) is 18.2 Å². The lowest BCUT2D eigenvalue weighted by molar-refractivity contribution is -0.137. The van der Waals surface area contributed by atoms with Crippen molar-refractivity contribution < 1.29 is 9.59 Å². The molecule has 4 nitrogen and oxygen atoms in total. The predicted octanol–water partition coefficient (Wildman–Crippen LogP) is 2.30. The van der Waals surface area contributed by atoms with Crippen LogP contribution in [0.25, 0.3) is 0 Å². The maximum atomic E-state index is 11.9. The van der Waals surface area contributed by atoms with Crippen molar-refractivity contribution in [3.8, 4) is 0 Å². The van der Waals surface area contributed by atoms with E-state index in [1.54, 1.807) is 16.7 Å². The summed E-state index contributed by atoms with van der Waals surface area (Å²) in [6, 6.07) is 10.1. The highest BCUT2D eigenvalue weighted by molar-refractivity contribution is 8.00. The number of rotatable bonds is 6. The van der Waals surface area contributed by atoms with E-state index < -0.39 is 0 Å². The summed E-state index contributed by atoms with van der Waals surface area (Å²) in [5.74, 6) is 0.0360. The number of carbonyl (C=O) groups excluding carboxylic acids is 2. The van der Waals surface area contributed by atoms with Crippen LogP contribution in [0.15, 0.2) is 35.2 Å². The van der Waals surface area contributed by atoms with E-state index in [0.717, 1.165) is 12.8 Å². The summed E-state index contributed by atoms with van der Waals surface area (Å²) in [7, 11) is 0. The molecular formula is C16H22N2O2S. The zero-order chi connectivity index (χ0) is 15.1. The molecular weight excluding hydrogens is 284 g/mol. The summed E-state index contributed by atoms with van der Waals surface area (Å²) in [4.78, 5) is 26.4. The zero-order valence-electron chi connectivity index (χ0n) is 12.4. The van der Waals surface area contributed by atoms with Gasteiger partial charge in [-0.1, -0.05) is 25.1 Å². The Labute approximate surface area is 130 Å². The van der Waals surface area contributed by atoms with E-state index in [-0.39, 0.29) is 18.4 Å². The van der Waals surface area contributed by atoms with Crippen molar-refractivity contribution in [2.24, 2.45) is 0 Å². The van der Waals surface area contributed by atoms with Gasteiger partial charge < -0.3 is 10.2 Å². The Hall–Kier alpha value is -1.49. The van der Waals surface area contributed by atoms with Crippen molar-refractivity contribution in [2.75, 3.05) is 19.6 Å². The number of hydrogen-bond acceptors (Lipinski definition) is 3. The molecule has 1 atom stereocenters. The number of carbonyl (C=O) groups is 2. The van der Waals surface area contributed by atoms with Crippen molar-refractivity contribution in [3.05, 3.63) is 30.3 Å². The van der Waals surface area contributed by atoms with Crippen molar-refractivity contribution >= 4 is 23.6 Å². The third-order valence-electron chi connectivity index (χ3n) is 3.42. The van der Waals surface area contributed by atoms with Crippen molar-refractivity contribution in [2.45, 2.75) is 36.3 Å². The number of likely N-dealkylation sites (tertiary alicyclic amines) is 1. The Bertz CT molecular complexity index is 478. The number of benzene rings is 1. The lowest BCUT2D eigenvalue weighted by Gasteiger charge is -2.26. The number of nitrogens with zero attached hydrogens (tertiary/aromatic N) is 1. The fraction of sp³-hybridized carbons (Fsp3) is 0.500. The van der Waals surface area contributed by atoms with Crippen LogP contribution in [0, 0.1) is 0 Å². The maximum absolute atomic E-state index is 11.9. The Morgan fingerprint density at radius 1 is 1.33 bits per heavy atom. The average Bonchev–Trinajstić information content (AvgIpc) is 2.49. The number of nitrogens with one attached hydrogen (secondary N) is 1. The average molecular weight is 306 g/mol. The standard InChI is InChI=1S/C16H22N2O2S/c1-13(21-14-7-3-2-4-8-14)11-17-15(19)12-18-10-6-5-9-16(18)20/h2-4,7-8,13H,5-6,9-12H2,1H3,(H,17,19)/t13-/m1/s1. The second kappa shape index (κ2) is 8.08. The second-order valence-corrected chi connectivity index (χ2v) is 6.83. The molecule has 1 aromatic rings. The fourth-order valence-electron chi connectivity index (χ4n) is 2.29. The normalized spacial score (nSPS) is 16.6. The lowest BCUT2D eigenvalue weighted by Crippen LogP contribution is -2.44. The van der Waals surface area contributed by atoms with Gasteiger partial charge in [0.15, 0.2) is 0 Å². The van der Waals surface area contributed by atoms with Crippen LogP contribution in [0.5, 0.6) is 0 Å². The van der Waals surface area contributed by atoms with E-state index in [9.17, 15) is 9.59 Å². The quantitative estimate of drug-likeness (QED) is 0.821. The van der Waals surface area contributed by atoms with Gasteiger partial charge >= 0.3 is 0 Å². The third-order valence-corrected chi connectivity index (χ3v) is 4.54. The lowest BCUT2D eigenvalue weighted by atomic mass is 10.1. The minimum absolute atomic E-state index is 0.0641. The minimum Gasteiger partial charge on any atom is -0.353 e. The maximum Gasteiger partial charge on any atom is 0.239 e. The van der Waals surface area contributed by atoms with E-state index in [0.29, 0.717) is 24.8 Å². The molecule has 2 amide bonds. The molecule has 1 aromatic carbocycles. The van der Waals surface area contributed by atoms with Crippen molar-refractivity contribution in [3.63, 3.8) is 0 Å². The number of amides is 2. The van der Waals surface area contributed by atoms with E-state index in [4.69, 9.17) is 0 Å². The molecule has 0 aliphatic carbocycles. The smallest absolute Gasteiger partial charge is 0.239 e. The van der Waals surface area contributed by atoms with Gasteiger partial charge in [-0.15, -0.1) is 11.8 Å². The highest BCUT2D eigenvalue weighted by Crippen LogP contribution is 2.21. The molecule has 5 heteroatoms. The number of thioether (sulfide) groups is 1. The van der Waals surface area contributed by atoms with E-state index in [2.05, 4.69) is 24.4 Å². The summed E-state index contributed by atoms with van der Waals surface area (Å²) in [6.07, 6.45) is 2.52. The van der Waals surface area contributed by atoms with Crippen LogP contribution in [0.2, 0.25) is 0 Å². The van der Waals surface area contributed by atoms with Gasteiger partial charge in [0.2, 0.25) is 11.8 Å². The number of piperidine rings is 1. The van der Waals surface area contributed by atoms with Crippen molar-refractivity contribution in [1.82, 2.24) is 10.2 Å². The van der Waals surface area contributed by atoms with E-state index in [1.165, 1.54) is 4.90 Å². The largest absolute Gasteiger partial charge is 0.353 e. The molecule has 1 aliphatic heterocycles. The molecule has 1 heterocycles. The summed E-state index contributed by atoms with van der Waals surface area (Å²) in [5.41, 5.74) is 0. The fourth-order valence-corrected chi connectivity index (χ4v) is 3.23. The molecule has 0 bridgehead atoms. The van der Waals surface area contributed by atoms with Gasteiger partial charge in [0.1, 0.15) is 0 Å². The molecule has 1 fully saturated rings. The van der Waals surface area contributed by atoms with Crippen molar-refractivity contribution in [1.29, 1.82) is 0 Å². The first-order valence-electron chi connectivity index (χ1n) is 7.41. The summed E-state index contributed by atoms with van der Waals surface area (Å²) < 4.78 is 0. The summed E-state index contributed by atoms with van der Waals surface area (Å²) in [6.45, 7) is 3.60. The molecule has 0 unspecified atom stereocenters. The Morgan fingerprint density at radius 3 is 2.81 bits per heavy atom. The minimum atomic E-state index is -0.0641. The molecule has 1 aliphatic rings. The van der Waals surface area contributed by atoms with Crippen LogP contribution in [0.3, 0.4) is 0 Å². The van der Waals surface area contributed by atoms with Crippen LogP contribution < -0.4 is 5.32 Å². The Morgan fingerprint density at radius 2 is 2.10 bits per heavy atom. The highest BCUT2D eigenvalue weighted by atomic mass is 32.2. The first kappa shape index (κ1) is 15.9. The molecule has 1 N–H and O–H groups in total. The number of hydrogen-bond donors (Lipinski definition) is 1. The Balaban J connectivity index is 1.69. The first-order valence-corrected chi connectivity index (χ1v) is 8.29. The third kappa shape index (κ3) is 5.42. The van der Waals surface area contributed by atoms with Gasteiger partial charge in [-0.3, -0.25) is 9.59 Å². The highest BCUT2D eigenvalue weighted by Gasteiger charge is 2.20. The summed E-state index contributed by atoms with van der Waals surface area (Å²) >= 11 is 1.74. The molecule has 0 radical (unpaired) electrons. The van der Waals surface area contributed by atoms with Crippen LogP contribution in [0.1, 0.15) is 26.2 Å². The van der Waals surface area contributed by atoms with Gasteiger partial charge in [-0.2, -0.15) is 0 Å². The topological polar surface area (TPSA) is 49.4 Å². The molecule has 2 rings (SSSR count). The van der Waals surface area contributed by atoms with Gasteiger partial charge in [-0.05, 0) is 25.0 Å². The molecule has 1 saturated heterocycles. The summed E-state index contributed by atoms with van der Waals surface area (Å²) in [5, 5.41) is 3.22. The molecule has 0 spiro atoms. The first-order chi connectivity index (χ1) is 10.1. The molecule has 114 valence electrons. The predicted molar refractivity (Wildman–Crippen MR) is 85.2 cm³/mol.